The van der Waals surface area contributed by atoms with Crippen LogP contribution in [0.1, 0.15) is 27.1 Å². The molecule has 0 fully saturated rings. The molecule has 1 aromatic carbocycles. The summed E-state index contributed by atoms with van der Waals surface area (Å²) in [4.78, 5) is 36.6. The van der Waals surface area contributed by atoms with Crippen LogP contribution in [0.15, 0.2) is 24.3 Å². The molecule has 1 aliphatic rings. The third kappa shape index (κ3) is 3.52. The van der Waals surface area contributed by atoms with Gasteiger partial charge in [0.25, 0.3) is 11.8 Å². The smallest absolute Gasteiger partial charge is 0.314 e. The molecule has 0 saturated carbocycles. The molecule has 21 heavy (non-hydrogen) atoms. The molecule has 6 nitrogen and oxygen atoms in total. The number of rotatable bonds is 6. The van der Waals surface area contributed by atoms with Crippen molar-refractivity contribution in [2.75, 3.05) is 25.5 Å². The fourth-order valence-corrected chi connectivity index (χ4v) is 2.20. The first kappa shape index (κ1) is 15.3. The lowest BCUT2D eigenvalue weighted by Crippen LogP contribution is -2.38. The van der Waals surface area contributed by atoms with Gasteiger partial charge in [0.05, 0.1) is 11.1 Å². The van der Waals surface area contributed by atoms with Crippen molar-refractivity contribution >= 4 is 29.4 Å². The number of hydrogen-bond donors (Lipinski definition) is 2. The average Bonchev–Trinajstić information content (AvgIpc) is 2.74. The lowest BCUT2D eigenvalue weighted by Gasteiger charge is -2.13. The van der Waals surface area contributed by atoms with Crippen molar-refractivity contribution in [2.24, 2.45) is 0 Å². The van der Waals surface area contributed by atoms with E-state index >= 15 is 0 Å². The number of carbonyl (C=O) groups is 3. The summed E-state index contributed by atoms with van der Waals surface area (Å²) in [5.41, 5.74) is 0.880. The van der Waals surface area contributed by atoms with Gasteiger partial charge in [-0.1, -0.05) is 12.1 Å². The number of halogens is 1. The number of hydrogen-bond acceptors (Lipinski definition) is 3. The summed E-state index contributed by atoms with van der Waals surface area (Å²) >= 11 is 5.45. The van der Waals surface area contributed by atoms with E-state index in [9.17, 15) is 14.4 Å². The number of alkyl halides is 1. The lowest BCUT2D eigenvalue weighted by atomic mass is 10.1. The van der Waals surface area contributed by atoms with E-state index in [1.54, 1.807) is 24.3 Å². The normalized spacial score (nSPS) is 13.3. The van der Waals surface area contributed by atoms with E-state index in [2.05, 4.69) is 10.6 Å². The number of benzene rings is 1. The molecule has 0 aliphatic carbocycles. The van der Waals surface area contributed by atoms with Crippen molar-refractivity contribution in [2.45, 2.75) is 6.42 Å². The van der Waals surface area contributed by atoms with E-state index in [4.69, 9.17) is 11.6 Å². The summed E-state index contributed by atoms with van der Waals surface area (Å²) in [6.45, 7) is 1.05. The maximum atomic E-state index is 12.1. The molecule has 0 bridgehead atoms. The van der Waals surface area contributed by atoms with Crippen molar-refractivity contribution in [3.8, 4) is 0 Å². The maximum absolute atomic E-state index is 12.1. The Morgan fingerprint density at radius 3 is 2.19 bits per heavy atom. The minimum absolute atomic E-state index is 0.276. The Labute approximate surface area is 127 Å². The summed E-state index contributed by atoms with van der Waals surface area (Å²) in [7, 11) is 0. The second-order valence-corrected chi connectivity index (χ2v) is 4.91. The van der Waals surface area contributed by atoms with Gasteiger partial charge in [-0.2, -0.15) is 0 Å². The minimum Gasteiger partial charge on any atom is -0.338 e. The van der Waals surface area contributed by atoms with Crippen LogP contribution in [0, 0.1) is 0 Å². The highest BCUT2D eigenvalue weighted by atomic mass is 35.5. The van der Waals surface area contributed by atoms with Crippen molar-refractivity contribution in [3.63, 3.8) is 0 Å². The summed E-state index contributed by atoms with van der Waals surface area (Å²) < 4.78 is 0. The second kappa shape index (κ2) is 7.08. The summed E-state index contributed by atoms with van der Waals surface area (Å²) in [6.07, 6.45) is 0.500. The van der Waals surface area contributed by atoms with Gasteiger partial charge in [-0.3, -0.25) is 14.5 Å². The standard InChI is InChI=1S/C14H16ClN3O3/c15-6-8-17-14(21)16-7-3-9-18-12(19)10-4-1-2-5-11(10)13(18)20/h1-2,4-5H,3,6-9H2,(H2,16,17,21). The predicted molar refractivity (Wildman–Crippen MR) is 78.5 cm³/mol. The predicted octanol–water partition coefficient (Wildman–Crippen LogP) is 1.21. The number of nitrogens with one attached hydrogen (secondary N) is 2. The lowest BCUT2D eigenvalue weighted by molar-refractivity contribution is 0.0653. The van der Waals surface area contributed by atoms with Crippen LogP contribution in [0.5, 0.6) is 0 Å². The molecule has 7 heteroatoms. The van der Waals surface area contributed by atoms with E-state index in [-0.39, 0.29) is 24.4 Å². The molecule has 4 amide bonds. The second-order valence-electron chi connectivity index (χ2n) is 4.53. The molecule has 0 unspecified atom stereocenters. The van der Waals surface area contributed by atoms with Crippen LogP contribution in [0.2, 0.25) is 0 Å². The number of nitrogens with zero attached hydrogens (tertiary/aromatic N) is 1. The number of carbonyl (C=O) groups excluding carboxylic acids is 3. The van der Waals surface area contributed by atoms with Gasteiger partial charge >= 0.3 is 6.03 Å². The molecule has 0 aromatic heterocycles. The van der Waals surface area contributed by atoms with Gasteiger partial charge in [0, 0.05) is 25.5 Å². The average molecular weight is 310 g/mol. The summed E-state index contributed by atoms with van der Waals surface area (Å²) in [6, 6.07) is 6.45. The SMILES string of the molecule is O=C(NCCCl)NCCCN1C(=O)c2ccccc2C1=O. The topological polar surface area (TPSA) is 78.5 Å². The molecule has 1 heterocycles. The fourth-order valence-electron chi connectivity index (χ4n) is 2.10. The molecule has 112 valence electrons. The highest BCUT2D eigenvalue weighted by molar-refractivity contribution is 6.21. The quantitative estimate of drug-likeness (QED) is 0.471. The van der Waals surface area contributed by atoms with Crippen molar-refractivity contribution in [1.29, 1.82) is 0 Å². The van der Waals surface area contributed by atoms with Crippen molar-refractivity contribution in [3.05, 3.63) is 35.4 Å². The fraction of sp³-hybridized carbons (Fsp3) is 0.357. The van der Waals surface area contributed by atoms with Gasteiger partial charge in [-0.05, 0) is 18.6 Å². The van der Waals surface area contributed by atoms with Crippen LogP contribution in [0.25, 0.3) is 0 Å². The van der Waals surface area contributed by atoms with Gasteiger partial charge in [-0.15, -0.1) is 11.6 Å². The van der Waals surface area contributed by atoms with Crippen molar-refractivity contribution in [1.82, 2.24) is 15.5 Å². The Hall–Kier alpha value is -2.08. The molecular formula is C14H16ClN3O3. The van der Waals surface area contributed by atoms with E-state index in [0.717, 1.165) is 0 Å². The molecule has 0 spiro atoms. The Morgan fingerprint density at radius 1 is 1.05 bits per heavy atom. The van der Waals surface area contributed by atoms with E-state index < -0.39 is 0 Å². The van der Waals surface area contributed by atoms with E-state index in [1.807, 2.05) is 0 Å². The third-order valence-electron chi connectivity index (χ3n) is 3.10. The van der Waals surface area contributed by atoms with Crippen LogP contribution >= 0.6 is 11.6 Å². The zero-order chi connectivity index (χ0) is 15.2. The van der Waals surface area contributed by atoms with Crippen LogP contribution in [0.4, 0.5) is 4.79 Å². The zero-order valence-corrected chi connectivity index (χ0v) is 12.2. The molecule has 2 N–H and O–H groups in total. The first-order valence-electron chi connectivity index (χ1n) is 6.68. The van der Waals surface area contributed by atoms with Gasteiger partial charge < -0.3 is 10.6 Å². The van der Waals surface area contributed by atoms with Crippen molar-refractivity contribution < 1.29 is 14.4 Å². The van der Waals surface area contributed by atoms with Crippen LogP contribution in [-0.2, 0) is 0 Å². The van der Waals surface area contributed by atoms with Gasteiger partial charge in [0.1, 0.15) is 0 Å². The number of urea groups is 1. The minimum atomic E-state index is -0.307. The van der Waals surface area contributed by atoms with Crippen LogP contribution in [0.3, 0.4) is 0 Å². The Morgan fingerprint density at radius 2 is 1.62 bits per heavy atom. The van der Waals surface area contributed by atoms with Crippen LogP contribution in [-0.4, -0.2) is 48.3 Å². The Balaban J connectivity index is 1.79. The summed E-state index contributed by atoms with van der Waals surface area (Å²) in [5, 5.41) is 5.20. The highest BCUT2D eigenvalue weighted by Crippen LogP contribution is 2.22. The number of imide groups is 1. The Bertz CT molecular complexity index is 527. The molecule has 1 aromatic rings. The highest BCUT2D eigenvalue weighted by Gasteiger charge is 2.34. The molecular weight excluding hydrogens is 294 g/mol. The number of fused-ring (bicyclic) bond motifs is 1. The van der Waals surface area contributed by atoms with Crippen LogP contribution < -0.4 is 10.6 Å². The number of amides is 4. The van der Waals surface area contributed by atoms with E-state index in [1.165, 1.54) is 4.90 Å². The molecule has 0 radical (unpaired) electrons. The first-order valence-corrected chi connectivity index (χ1v) is 7.21. The van der Waals surface area contributed by atoms with Gasteiger partial charge in [0.15, 0.2) is 0 Å². The Kier molecular flexibility index (Phi) is 5.16. The largest absolute Gasteiger partial charge is 0.338 e. The molecule has 0 atom stereocenters. The molecule has 0 saturated heterocycles. The monoisotopic (exact) mass is 309 g/mol. The third-order valence-corrected chi connectivity index (χ3v) is 3.29. The summed E-state index contributed by atoms with van der Waals surface area (Å²) in [5.74, 6) is -0.202. The van der Waals surface area contributed by atoms with Gasteiger partial charge in [-0.25, -0.2) is 4.79 Å². The molecule has 2 rings (SSSR count). The maximum Gasteiger partial charge on any atom is 0.314 e. The van der Waals surface area contributed by atoms with Gasteiger partial charge in [0.2, 0.25) is 0 Å². The first-order chi connectivity index (χ1) is 10.1. The van der Waals surface area contributed by atoms with E-state index in [0.29, 0.717) is 36.5 Å². The molecule has 1 aliphatic heterocycles. The zero-order valence-electron chi connectivity index (χ0n) is 11.4.